The van der Waals surface area contributed by atoms with Gasteiger partial charge in [0.1, 0.15) is 12.0 Å². The largest absolute Gasteiger partial charge is 0.433 e. The molecule has 4 aromatic heterocycles. The van der Waals surface area contributed by atoms with Crippen LogP contribution in [0.1, 0.15) is 28.0 Å². The molecule has 0 spiro atoms. The SMILES string of the molecule is [2H]C([2H])([2H])OCCC(c1ccc(-c2c(-n3cnnn3)ccc(Cl)c2F)cn1)n1cc(-c2ccnc(C(F)(F)F)c2)cn1. The molecule has 0 aliphatic heterocycles. The first-order chi connectivity index (χ1) is 19.9. The predicted octanol–water partition coefficient (Wildman–Crippen LogP) is 5.42. The van der Waals surface area contributed by atoms with Crippen molar-refractivity contribution in [3.8, 4) is 27.9 Å². The lowest BCUT2D eigenvalue weighted by atomic mass is 10.0. The average Bonchev–Trinajstić information content (AvgIpc) is 3.65. The zero-order valence-corrected chi connectivity index (χ0v) is 20.5. The first-order valence-corrected chi connectivity index (χ1v) is 11.7. The number of benzene rings is 1. The molecule has 0 fully saturated rings. The van der Waals surface area contributed by atoms with E-state index in [-0.39, 0.29) is 29.2 Å². The Morgan fingerprint density at radius 2 is 1.95 bits per heavy atom. The molecule has 1 atom stereocenters. The molecule has 4 heterocycles. The third-order valence-electron chi connectivity index (χ3n) is 5.88. The molecule has 5 aromatic rings. The molecule has 1 unspecified atom stereocenters. The van der Waals surface area contributed by atoms with Gasteiger partial charge in [0.25, 0.3) is 0 Å². The van der Waals surface area contributed by atoms with Crippen molar-refractivity contribution in [2.24, 2.45) is 0 Å². The quantitative estimate of drug-likeness (QED) is 0.233. The zero-order valence-electron chi connectivity index (χ0n) is 22.7. The molecule has 1 aromatic carbocycles. The van der Waals surface area contributed by atoms with E-state index < -0.39 is 30.8 Å². The van der Waals surface area contributed by atoms with Crippen molar-refractivity contribution in [2.45, 2.75) is 18.6 Å². The highest BCUT2D eigenvalue weighted by Crippen LogP contribution is 2.34. The van der Waals surface area contributed by atoms with Crippen LogP contribution in [0.3, 0.4) is 0 Å². The molecular weight excluding hydrogens is 540 g/mol. The molecule has 0 saturated carbocycles. The van der Waals surface area contributed by atoms with E-state index in [2.05, 4.69) is 30.6 Å². The Morgan fingerprint density at radius 3 is 2.67 bits per heavy atom. The highest BCUT2D eigenvalue weighted by molar-refractivity contribution is 6.31. The van der Waals surface area contributed by atoms with Gasteiger partial charge in [0.2, 0.25) is 0 Å². The van der Waals surface area contributed by atoms with Crippen LogP contribution in [0.15, 0.2) is 67.5 Å². The number of aromatic nitrogens is 8. The highest BCUT2D eigenvalue weighted by atomic mass is 35.5. The van der Waals surface area contributed by atoms with Gasteiger partial charge in [-0.05, 0) is 52.7 Å². The van der Waals surface area contributed by atoms with E-state index >= 15 is 4.39 Å². The fourth-order valence-corrected chi connectivity index (χ4v) is 4.19. The number of nitrogens with zero attached hydrogens (tertiary/aromatic N) is 8. The Kier molecular flexibility index (Phi) is 6.33. The van der Waals surface area contributed by atoms with Crippen LogP contribution in [0.5, 0.6) is 0 Å². The summed E-state index contributed by atoms with van der Waals surface area (Å²) in [6, 6.07) is 7.73. The van der Waals surface area contributed by atoms with Crippen LogP contribution in [-0.4, -0.2) is 53.6 Å². The minimum Gasteiger partial charge on any atom is -0.385 e. The van der Waals surface area contributed by atoms with E-state index in [1.807, 2.05) is 0 Å². The first-order valence-electron chi connectivity index (χ1n) is 12.8. The molecule has 39 heavy (non-hydrogen) atoms. The second-order valence-electron chi connectivity index (χ2n) is 8.27. The molecule has 0 amide bonds. The summed E-state index contributed by atoms with van der Waals surface area (Å²) >= 11 is 6.05. The molecule has 5 rings (SSSR count). The fraction of sp³-hybridized carbons (Fsp3) is 0.200. The van der Waals surface area contributed by atoms with Gasteiger partial charge in [0.15, 0.2) is 5.82 Å². The number of alkyl halides is 3. The Hall–Kier alpha value is -4.23. The van der Waals surface area contributed by atoms with Crippen molar-refractivity contribution in [1.29, 1.82) is 0 Å². The van der Waals surface area contributed by atoms with Crippen molar-refractivity contribution in [2.75, 3.05) is 13.6 Å². The van der Waals surface area contributed by atoms with Crippen LogP contribution in [0, 0.1) is 5.82 Å². The summed E-state index contributed by atoms with van der Waals surface area (Å²) in [6.45, 7) is -0.209. The monoisotopic (exact) mass is 561 g/mol. The fourth-order valence-electron chi connectivity index (χ4n) is 4.04. The maximum Gasteiger partial charge on any atom is 0.433 e. The predicted molar refractivity (Wildman–Crippen MR) is 132 cm³/mol. The van der Waals surface area contributed by atoms with Crippen LogP contribution < -0.4 is 0 Å². The van der Waals surface area contributed by atoms with E-state index in [9.17, 15) is 13.2 Å². The first kappa shape index (κ1) is 22.7. The average molecular weight is 562 g/mol. The number of methoxy groups -OCH3 is 1. The van der Waals surface area contributed by atoms with Crippen LogP contribution >= 0.6 is 11.6 Å². The number of pyridine rings is 2. The van der Waals surface area contributed by atoms with Gasteiger partial charge in [-0.15, -0.1) is 5.10 Å². The van der Waals surface area contributed by atoms with E-state index in [1.165, 1.54) is 46.4 Å². The molecule has 200 valence electrons. The topological polar surface area (TPSA) is 96.4 Å². The lowest BCUT2D eigenvalue weighted by Gasteiger charge is -2.18. The Morgan fingerprint density at radius 1 is 1.08 bits per heavy atom. The van der Waals surface area contributed by atoms with Crippen molar-refractivity contribution < 1.29 is 26.4 Å². The van der Waals surface area contributed by atoms with Crippen molar-refractivity contribution >= 4 is 11.6 Å². The van der Waals surface area contributed by atoms with Gasteiger partial charge in [0, 0.05) is 48.9 Å². The minimum atomic E-state index is -4.63. The molecule has 0 N–H and O–H groups in total. The molecule has 14 heteroatoms. The summed E-state index contributed by atoms with van der Waals surface area (Å²) in [5.74, 6) is -0.714. The van der Waals surface area contributed by atoms with Crippen LogP contribution in [0.4, 0.5) is 17.6 Å². The van der Waals surface area contributed by atoms with Crippen LogP contribution in [0.25, 0.3) is 27.9 Å². The van der Waals surface area contributed by atoms with Gasteiger partial charge in [-0.25, -0.2) is 4.39 Å². The maximum absolute atomic E-state index is 15.2. The number of hydrogen-bond donors (Lipinski definition) is 0. The van der Waals surface area contributed by atoms with E-state index in [0.717, 1.165) is 12.3 Å². The van der Waals surface area contributed by atoms with E-state index in [0.29, 0.717) is 22.5 Å². The van der Waals surface area contributed by atoms with Gasteiger partial charge >= 0.3 is 6.18 Å². The summed E-state index contributed by atoms with van der Waals surface area (Å²) in [7, 11) is -2.64. The maximum atomic E-state index is 15.2. The van der Waals surface area contributed by atoms with Gasteiger partial charge in [-0.2, -0.15) is 23.0 Å². The number of ether oxygens (including phenoxy) is 1. The van der Waals surface area contributed by atoms with Crippen LogP contribution in [0.2, 0.25) is 5.02 Å². The lowest BCUT2D eigenvalue weighted by Crippen LogP contribution is -2.15. The standard InChI is InChI=1S/C25H19ClF4N8O/c1-39-9-7-20(37-13-17(12-34-37)15-6-8-31-22(10-15)25(28,29)30)19-4-2-16(11-32-19)23-21(38-14-33-35-36-38)5-3-18(26)24(23)27/h2-6,8,10-14,20H,7,9H2,1H3/i1D3. The Balaban J connectivity index is 1.50. The van der Waals surface area contributed by atoms with Crippen LogP contribution in [-0.2, 0) is 10.9 Å². The number of hydrogen-bond acceptors (Lipinski definition) is 7. The van der Waals surface area contributed by atoms with Crippen molar-refractivity contribution in [3.05, 3.63) is 89.7 Å². The smallest absolute Gasteiger partial charge is 0.385 e. The van der Waals surface area contributed by atoms with Gasteiger partial charge in [-0.3, -0.25) is 14.6 Å². The lowest BCUT2D eigenvalue weighted by molar-refractivity contribution is -0.141. The summed E-state index contributed by atoms with van der Waals surface area (Å²) in [4.78, 5) is 7.86. The van der Waals surface area contributed by atoms with Gasteiger partial charge in [-0.1, -0.05) is 17.7 Å². The molecule has 0 aliphatic carbocycles. The third-order valence-corrected chi connectivity index (χ3v) is 6.17. The summed E-state index contributed by atoms with van der Waals surface area (Å²) < 4.78 is 84.4. The third kappa shape index (κ3) is 5.49. The minimum absolute atomic E-state index is 0.0932. The summed E-state index contributed by atoms with van der Waals surface area (Å²) in [5.41, 5.74) is 0.701. The number of halogens is 5. The van der Waals surface area contributed by atoms with Gasteiger partial charge < -0.3 is 4.74 Å². The second-order valence-corrected chi connectivity index (χ2v) is 8.68. The Bertz CT molecular complexity index is 1680. The number of rotatable bonds is 8. The van der Waals surface area contributed by atoms with E-state index in [4.69, 9.17) is 20.5 Å². The highest BCUT2D eigenvalue weighted by Gasteiger charge is 2.32. The zero-order chi connectivity index (χ0) is 30.1. The second kappa shape index (κ2) is 10.9. The summed E-state index contributed by atoms with van der Waals surface area (Å²) in [6.07, 6.45) is 2.11. The Labute approximate surface area is 228 Å². The normalized spacial score (nSPS) is 14.0. The molecular formula is C25H19ClF4N8O. The van der Waals surface area contributed by atoms with E-state index in [1.54, 1.807) is 18.2 Å². The van der Waals surface area contributed by atoms with Gasteiger partial charge in [0.05, 0.1) is 32.8 Å². The molecule has 0 radical (unpaired) electrons. The molecule has 0 bridgehead atoms. The molecule has 0 saturated heterocycles. The van der Waals surface area contributed by atoms with Crippen molar-refractivity contribution in [1.82, 2.24) is 40.0 Å². The molecule has 9 nitrogen and oxygen atoms in total. The van der Waals surface area contributed by atoms with Crippen molar-refractivity contribution in [3.63, 3.8) is 0 Å². The number of tetrazole rings is 1. The molecule has 0 aliphatic rings. The summed E-state index contributed by atoms with van der Waals surface area (Å²) in [5, 5.41) is 15.2.